The molecule has 0 atom stereocenters. The highest BCUT2D eigenvalue weighted by Crippen LogP contribution is 2.64. The Hall–Kier alpha value is -2.59. The highest BCUT2D eigenvalue weighted by molar-refractivity contribution is 7.22. The van der Waals surface area contributed by atoms with E-state index in [1.807, 2.05) is 23.5 Å². The van der Waals surface area contributed by atoms with Crippen LogP contribution in [-0.2, 0) is 5.41 Å². The molecule has 0 aliphatic heterocycles. The number of carboxylic acid groups (broad SMARTS) is 1. The molecule has 4 aliphatic carbocycles. The average Bonchev–Trinajstić information content (AvgIpc) is 3.18. The van der Waals surface area contributed by atoms with E-state index < -0.39 is 5.97 Å². The van der Waals surface area contributed by atoms with Gasteiger partial charge in [0.2, 0.25) is 0 Å². The summed E-state index contributed by atoms with van der Waals surface area (Å²) < 4.78 is 7.44. The number of aromatic carboxylic acids is 1. The maximum atomic E-state index is 11.4. The molecule has 7 rings (SSSR count). The standard InChI is InChI=1S/C28H28O3S/c1-2-10-31-22-4-3-5-23-24(22)25(26(32-23)20-6-8-21(9-7-20)27(29)30)28-14-17-11-18(15-28)13-19(12-17)16-28/h2-9,17-19H,1,10-16H2,(H,29,30). The van der Waals surface area contributed by atoms with Gasteiger partial charge in [0.1, 0.15) is 12.4 Å². The van der Waals surface area contributed by atoms with Crippen LogP contribution in [0.25, 0.3) is 20.5 Å². The third-order valence-corrected chi connectivity index (χ3v) is 9.20. The molecule has 2 aromatic carbocycles. The monoisotopic (exact) mass is 444 g/mol. The fourth-order valence-corrected chi connectivity index (χ4v) is 8.62. The number of rotatable bonds is 6. The first-order valence-corrected chi connectivity index (χ1v) is 12.5. The minimum atomic E-state index is -0.880. The molecule has 0 amide bonds. The molecule has 1 N–H and O–H groups in total. The maximum absolute atomic E-state index is 11.4. The molecule has 4 saturated carbocycles. The maximum Gasteiger partial charge on any atom is 0.335 e. The molecule has 4 heteroatoms. The van der Waals surface area contributed by atoms with Crippen LogP contribution in [0.2, 0.25) is 0 Å². The number of benzene rings is 2. The first-order chi connectivity index (χ1) is 15.6. The van der Waals surface area contributed by atoms with Crippen molar-refractivity contribution < 1.29 is 14.6 Å². The van der Waals surface area contributed by atoms with Crippen molar-refractivity contribution in [3.05, 3.63) is 66.2 Å². The van der Waals surface area contributed by atoms with E-state index in [9.17, 15) is 9.90 Å². The molecule has 164 valence electrons. The van der Waals surface area contributed by atoms with E-state index in [0.717, 1.165) is 29.1 Å². The molecule has 3 nitrogen and oxygen atoms in total. The highest BCUT2D eigenvalue weighted by Gasteiger charge is 2.53. The average molecular weight is 445 g/mol. The number of hydrogen-bond donors (Lipinski definition) is 1. The highest BCUT2D eigenvalue weighted by atomic mass is 32.1. The van der Waals surface area contributed by atoms with E-state index in [4.69, 9.17) is 4.74 Å². The van der Waals surface area contributed by atoms with E-state index in [2.05, 4.69) is 24.8 Å². The molecule has 0 unspecified atom stereocenters. The summed E-state index contributed by atoms with van der Waals surface area (Å²) in [5.41, 5.74) is 3.14. The smallest absolute Gasteiger partial charge is 0.335 e. The normalized spacial score (nSPS) is 28.2. The lowest BCUT2D eigenvalue weighted by Gasteiger charge is -2.57. The summed E-state index contributed by atoms with van der Waals surface area (Å²) in [5, 5.41) is 10.6. The van der Waals surface area contributed by atoms with E-state index in [0.29, 0.717) is 12.2 Å². The number of ether oxygens (including phenoxy) is 1. The lowest BCUT2D eigenvalue weighted by Crippen LogP contribution is -2.48. The Morgan fingerprint density at radius 2 is 1.72 bits per heavy atom. The predicted octanol–water partition coefficient (Wildman–Crippen LogP) is 7.30. The minimum absolute atomic E-state index is 0.210. The van der Waals surface area contributed by atoms with Gasteiger partial charge in [-0.15, -0.1) is 11.3 Å². The summed E-state index contributed by atoms with van der Waals surface area (Å²) in [6.07, 6.45) is 9.86. The number of carboxylic acids is 1. The zero-order valence-electron chi connectivity index (χ0n) is 18.2. The molecule has 3 aromatic rings. The molecule has 32 heavy (non-hydrogen) atoms. The number of carbonyl (C=O) groups is 1. The third kappa shape index (κ3) is 3.11. The second kappa shape index (κ2) is 7.48. The Morgan fingerprint density at radius 3 is 2.31 bits per heavy atom. The Labute approximate surface area is 192 Å². The number of fused-ring (bicyclic) bond motifs is 1. The minimum Gasteiger partial charge on any atom is -0.489 e. The van der Waals surface area contributed by atoms with Gasteiger partial charge in [0.05, 0.1) is 5.56 Å². The Morgan fingerprint density at radius 1 is 1.06 bits per heavy atom. The Kier molecular flexibility index (Phi) is 4.69. The van der Waals surface area contributed by atoms with Crippen molar-refractivity contribution in [2.75, 3.05) is 6.61 Å². The molecular formula is C28H28O3S. The van der Waals surface area contributed by atoms with Gasteiger partial charge in [-0.3, -0.25) is 0 Å². The largest absolute Gasteiger partial charge is 0.489 e. The van der Waals surface area contributed by atoms with Gasteiger partial charge in [-0.25, -0.2) is 4.79 Å². The van der Waals surface area contributed by atoms with Crippen LogP contribution < -0.4 is 4.74 Å². The van der Waals surface area contributed by atoms with Crippen LogP contribution >= 0.6 is 11.3 Å². The van der Waals surface area contributed by atoms with Crippen LogP contribution in [-0.4, -0.2) is 17.7 Å². The van der Waals surface area contributed by atoms with Crippen molar-refractivity contribution in [2.24, 2.45) is 17.8 Å². The summed E-state index contributed by atoms with van der Waals surface area (Å²) >= 11 is 1.83. The van der Waals surface area contributed by atoms with Gasteiger partial charge in [-0.1, -0.05) is 30.9 Å². The van der Waals surface area contributed by atoms with Crippen molar-refractivity contribution in [1.82, 2.24) is 0 Å². The van der Waals surface area contributed by atoms with Crippen LogP contribution in [0.15, 0.2) is 55.1 Å². The summed E-state index contributed by atoms with van der Waals surface area (Å²) in [5.74, 6) is 2.62. The SMILES string of the molecule is C=CCOc1cccc2sc(-c3ccc(C(=O)O)cc3)c(C34CC5CC(CC(C5)C3)C4)c12. The van der Waals surface area contributed by atoms with Gasteiger partial charge in [-0.2, -0.15) is 0 Å². The zero-order chi connectivity index (χ0) is 21.9. The first-order valence-electron chi connectivity index (χ1n) is 11.7. The Balaban J connectivity index is 1.58. The third-order valence-electron chi connectivity index (χ3n) is 8.00. The fourth-order valence-electron chi connectivity index (χ4n) is 7.28. The predicted molar refractivity (Wildman–Crippen MR) is 130 cm³/mol. The summed E-state index contributed by atoms with van der Waals surface area (Å²) in [4.78, 5) is 12.7. The lowest BCUT2D eigenvalue weighted by molar-refractivity contribution is -0.00415. The van der Waals surface area contributed by atoms with E-state index in [1.54, 1.807) is 18.2 Å². The number of hydrogen-bond acceptors (Lipinski definition) is 3. The van der Waals surface area contributed by atoms with E-state index in [1.165, 1.54) is 59.1 Å². The summed E-state index contributed by atoms with van der Waals surface area (Å²) in [6, 6.07) is 13.8. The zero-order valence-corrected chi connectivity index (χ0v) is 19.0. The summed E-state index contributed by atoms with van der Waals surface area (Å²) in [6.45, 7) is 4.34. The second-order valence-electron chi connectivity index (χ2n) is 10.1. The molecular weight excluding hydrogens is 416 g/mol. The molecule has 4 fully saturated rings. The van der Waals surface area contributed by atoms with Crippen LogP contribution in [0.5, 0.6) is 5.75 Å². The van der Waals surface area contributed by atoms with Crippen molar-refractivity contribution in [2.45, 2.75) is 43.9 Å². The molecule has 4 bridgehead atoms. The molecule has 0 radical (unpaired) electrons. The van der Waals surface area contributed by atoms with Crippen LogP contribution in [0, 0.1) is 17.8 Å². The van der Waals surface area contributed by atoms with Gasteiger partial charge >= 0.3 is 5.97 Å². The molecule has 0 saturated heterocycles. The topological polar surface area (TPSA) is 46.5 Å². The molecule has 4 aliphatic rings. The van der Waals surface area contributed by atoms with Gasteiger partial charge in [-0.05, 0) is 97.1 Å². The first kappa shape index (κ1) is 20.0. The number of thiophene rings is 1. The second-order valence-corrected chi connectivity index (χ2v) is 11.2. The van der Waals surface area contributed by atoms with Crippen molar-refractivity contribution in [1.29, 1.82) is 0 Å². The van der Waals surface area contributed by atoms with Gasteiger partial charge in [0.15, 0.2) is 0 Å². The van der Waals surface area contributed by atoms with Crippen LogP contribution in [0.3, 0.4) is 0 Å². The van der Waals surface area contributed by atoms with Crippen molar-refractivity contribution in [3.8, 4) is 16.2 Å². The fraction of sp³-hybridized carbons (Fsp3) is 0.393. The molecule has 1 aromatic heterocycles. The van der Waals surface area contributed by atoms with Crippen molar-refractivity contribution >= 4 is 27.4 Å². The molecule has 1 heterocycles. The van der Waals surface area contributed by atoms with E-state index in [-0.39, 0.29) is 5.41 Å². The molecule has 0 spiro atoms. The van der Waals surface area contributed by atoms with Crippen molar-refractivity contribution in [3.63, 3.8) is 0 Å². The van der Waals surface area contributed by atoms with Gasteiger partial charge < -0.3 is 9.84 Å². The lowest BCUT2D eigenvalue weighted by atomic mass is 9.47. The quantitative estimate of drug-likeness (QED) is 0.406. The van der Waals surface area contributed by atoms with Gasteiger partial charge in [0, 0.05) is 15.0 Å². The Bertz CT molecular complexity index is 1170. The summed E-state index contributed by atoms with van der Waals surface area (Å²) in [7, 11) is 0. The van der Waals surface area contributed by atoms with Gasteiger partial charge in [0.25, 0.3) is 0 Å². The van der Waals surface area contributed by atoms with Crippen LogP contribution in [0.4, 0.5) is 0 Å². The van der Waals surface area contributed by atoms with E-state index >= 15 is 0 Å². The van der Waals surface area contributed by atoms with Crippen LogP contribution in [0.1, 0.15) is 54.4 Å².